The van der Waals surface area contributed by atoms with Crippen molar-refractivity contribution < 1.29 is 4.74 Å². The van der Waals surface area contributed by atoms with Crippen LogP contribution in [0.1, 0.15) is 17.2 Å². The molecular formula is C19H24ClN3O. The number of piperazine rings is 1. The van der Waals surface area contributed by atoms with Gasteiger partial charge in [-0.15, -0.1) is 12.4 Å². The fourth-order valence-corrected chi connectivity index (χ4v) is 2.99. The van der Waals surface area contributed by atoms with Gasteiger partial charge in [0.2, 0.25) is 0 Å². The van der Waals surface area contributed by atoms with E-state index in [1.54, 1.807) is 7.11 Å². The lowest BCUT2D eigenvalue weighted by molar-refractivity contribution is 0.180. The lowest BCUT2D eigenvalue weighted by atomic mass is 10.1. The second-order valence-electron chi connectivity index (χ2n) is 5.65. The predicted molar refractivity (Wildman–Crippen MR) is 101 cm³/mol. The van der Waals surface area contributed by atoms with Crippen LogP contribution in [0.2, 0.25) is 0 Å². The van der Waals surface area contributed by atoms with E-state index in [0.717, 1.165) is 37.5 Å². The Morgan fingerprint density at radius 1 is 1.29 bits per heavy atom. The van der Waals surface area contributed by atoms with Crippen LogP contribution in [0.15, 0.2) is 54.9 Å². The lowest BCUT2D eigenvalue weighted by Gasteiger charge is -2.35. The molecule has 2 heterocycles. The van der Waals surface area contributed by atoms with Gasteiger partial charge in [0.15, 0.2) is 0 Å². The number of hydrogen-bond acceptors (Lipinski definition) is 4. The third kappa shape index (κ3) is 4.57. The maximum Gasteiger partial charge on any atom is 0.126 e. The Morgan fingerprint density at radius 3 is 2.96 bits per heavy atom. The van der Waals surface area contributed by atoms with Gasteiger partial charge in [-0.05, 0) is 17.7 Å². The Balaban J connectivity index is 0.00000208. The fourth-order valence-electron chi connectivity index (χ4n) is 2.99. The third-order valence-electron chi connectivity index (χ3n) is 4.20. The van der Waals surface area contributed by atoms with Crippen molar-refractivity contribution in [1.82, 2.24) is 15.2 Å². The predicted octanol–water partition coefficient (Wildman–Crippen LogP) is 3.17. The van der Waals surface area contributed by atoms with Gasteiger partial charge in [-0.3, -0.25) is 9.88 Å². The second kappa shape index (κ2) is 9.42. The zero-order valence-corrected chi connectivity index (χ0v) is 14.7. The van der Waals surface area contributed by atoms with Crippen molar-refractivity contribution in [2.24, 2.45) is 0 Å². The fraction of sp³-hybridized carbons (Fsp3) is 0.316. The number of para-hydroxylation sites is 1. The smallest absolute Gasteiger partial charge is 0.126 e. The first-order chi connectivity index (χ1) is 11.4. The largest absolute Gasteiger partial charge is 0.496 e. The van der Waals surface area contributed by atoms with Gasteiger partial charge in [-0.2, -0.15) is 0 Å². The summed E-state index contributed by atoms with van der Waals surface area (Å²) in [6.45, 7) is 3.95. The van der Waals surface area contributed by atoms with Gasteiger partial charge < -0.3 is 10.1 Å². The van der Waals surface area contributed by atoms with Crippen molar-refractivity contribution in [3.05, 3.63) is 66.0 Å². The molecule has 0 bridgehead atoms. The molecule has 1 aromatic carbocycles. The van der Waals surface area contributed by atoms with Gasteiger partial charge >= 0.3 is 0 Å². The van der Waals surface area contributed by atoms with Crippen LogP contribution >= 0.6 is 12.4 Å². The third-order valence-corrected chi connectivity index (χ3v) is 4.20. The minimum atomic E-state index is 0. The molecule has 5 heteroatoms. The highest BCUT2D eigenvalue weighted by molar-refractivity contribution is 5.85. The molecule has 1 N–H and O–H groups in total. The molecule has 1 aliphatic rings. The average molecular weight is 346 g/mol. The summed E-state index contributed by atoms with van der Waals surface area (Å²) < 4.78 is 5.40. The number of nitrogens with zero attached hydrogens (tertiary/aromatic N) is 2. The second-order valence-corrected chi connectivity index (χ2v) is 5.65. The number of aromatic nitrogens is 1. The highest BCUT2D eigenvalue weighted by Crippen LogP contribution is 2.22. The van der Waals surface area contributed by atoms with Crippen LogP contribution in [0.4, 0.5) is 0 Å². The molecule has 3 rings (SSSR count). The summed E-state index contributed by atoms with van der Waals surface area (Å²) >= 11 is 0. The van der Waals surface area contributed by atoms with Gasteiger partial charge in [0, 0.05) is 50.2 Å². The Labute approximate surface area is 150 Å². The number of hydrogen-bond donors (Lipinski definition) is 1. The molecule has 1 saturated heterocycles. The summed E-state index contributed by atoms with van der Waals surface area (Å²) in [5.41, 5.74) is 2.38. The van der Waals surface area contributed by atoms with E-state index >= 15 is 0 Å². The number of methoxy groups -OCH3 is 1. The first-order valence-corrected chi connectivity index (χ1v) is 8.03. The van der Waals surface area contributed by atoms with Crippen LogP contribution in [0.25, 0.3) is 6.08 Å². The van der Waals surface area contributed by atoms with Crippen LogP contribution in [0.5, 0.6) is 5.75 Å². The van der Waals surface area contributed by atoms with Crippen molar-refractivity contribution in [2.75, 3.05) is 33.3 Å². The SMILES string of the molecule is COc1ccccc1/C=C/CN1CCNCC1c1cccnc1.Cl. The van der Waals surface area contributed by atoms with Crippen LogP contribution < -0.4 is 10.1 Å². The van der Waals surface area contributed by atoms with Gasteiger partial charge in [-0.1, -0.05) is 36.4 Å². The van der Waals surface area contributed by atoms with Gasteiger partial charge in [-0.25, -0.2) is 0 Å². The van der Waals surface area contributed by atoms with E-state index in [2.05, 4.69) is 39.5 Å². The molecule has 1 fully saturated rings. The van der Waals surface area contributed by atoms with E-state index in [1.165, 1.54) is 5.56 Å². The average Bonchev–Trinajstić information content (AvgIpc) is 2.63. The quantitative estimate of drug-likeness (QED) is 0.903. The van der Waals surface area contributed by atoms with E-state index < -0.39 is 0 Å². The molecule has 1 unspecified atom stereocenters. The van der Waals surface area contributed by atoms with Crippen LogP contribution in [-0.2, 0) is 0 Å². The van der Waals surface area contributed by atoms with E-state index in [0.29, 0.717) is 6.04 Å². The monoisotopic (exact) mass is 345 g/mol. The molecule has 1 atom stereocenters. The Hall–Kier alpha value is -1.88. The molecule has 0 aliphatic carbocycles. The summed E-state index contributed by atoms with van der Waals surface area (Å²) in [6.07, 6.45) is 8.15. The zero-order chi connectivity index (χ0) is 15.9. The number of rotatable bonds is 5. The normalized spacial score (nSPS) is 18.3. The highest BCUT2D eigenvalue weighted by atomic mass is 35.5. The Kier molecular flexibility index (Phi) is 7.25. The number of benzene rings is 1. The number of pyridine rings is 1. The maximum atomic E-state index is 5.40. The molecule has 0 radical (unpaired) electrons. The Bertz CT molecular complexity index is 648. The summed E-state index contributed by atoms with van der Waals surface area (Å²) in [4.78, 5) is 6.74. The number of halogens is 1. The van der Waals surface area contributed by atoms with Crippen molar-refractivity contribution in [1.29, 1.82) is 0 Å². The summed E-state index contributed by atoms with van der Waals surface area (Å²) in [6, 6.07) is 12.6. The molecule has 0 saturated carbocycles. The molecular weight excluding hydrogens is 322 g/mol. The van der Waals surface area contributed by atoms with Crippen molar-refractivity contribution >= 4 is 18.5 Å². The summed E-state index contributed by atoms with van der Waals surface area (Å²) in [7, 11) is 1.71. The topological polar surface area (TPSA) is 37.4 Å². The van der Waals surface area contributed by atoms with E-state index in [9.17, 15) is 0 Å². The summed E-state index contributed by atoms with van der Waals surface area (Å²) in [5, 5.41) is 3.48. The molecule has 128 valence electrons. The van der Waals surface area contributed by atoms with Gasteiger partial charge in [0.1, 0.15) is 5.75 Å². The summed E-state index contributed by atoms with van der Waals surface area (Å²) in [5.74, 6) is 0.910. The maximum absolute atomic E-state index is 5.40. The molecule has 24 heavy (non-hydrogen) atoms. The number of ether oxygens (including phenoxy) is 1. The van der Waals surface area contributed by atoms with Crippen molar-refractivity contribution in [3.8, 4) is 5.75 Å². The van der Waals surface area contributed by atoms with Crippen LogP contribution in [-0.4, -0.2) is 43.2 Å². The molecule has 1 aromatic heterocycles. The zero-order valence-electron chi connectivity index (χ0n) is 13.9. The van der Waals surface area contributed by atoms with E-state index in [-0.39, 0.29) is 12.4 Å². The van der Waals surface area contributed by atoms with E-state index in [4.69, 9.17) is 4.74 Å². The standard InChI is InChI=1S/C19H23N3O.ClH/c1-23-19-9-3-2-6-16(19)8-5-12-22-13-11-21-15-18(22)17-7-4-10-20-14-17;/h2-10,14,18,21H,11-13,15H2,1H3;1H/b8-5+;. The van der Waals surface area contributed by atoms with Crippen molar-refractivity contribution in [3.63, 3.8) is 0 Å². The van der Waals surface area contributed by atoms with Crippen LogP contribution in [0, 0.1) is 0 Å². The lowest BCUT2D eigenvalue weighted by Crippen LogP contribution is -2.45. The highest BCUT2D eigenvalue weighted by Gasteiger charge is 2.22. The molecule has 0 amide bonds. The molecule has 1 aliphatic heterocycles. The first-order valence-electron chi connectivity index (χ1n) is 8.03. The van der Waals surface area contributed by atoms with Crippen LogP contribution in [0.3, 0.4) is 0 Å². The molecule has 2 aromatic rings. The van der Waals surface area contributed by atoms with E-state index in [1.807, 2.05) is 36.7 Å². The molecule has 4 nitrogen and oxygen atoms in total. The molecule has 0 spiro atoms. The van der Waals surface area contributed by atoms with Gasteiger partial charge in [0.05, 0.1) is 7.11 Å². The minimum Gasteiger partial charge on any atom is -0.496 e. The number of nitrogens with one attached hydrogen (secondary N) is 1. The Morgan fingerprint density at radius 2 is 2.17 bits per heavy atom. The minimum absolute atomic E-state index is 0. The van der Waals surface area contributed by atoms with Crippen molar-refractivity contribution in [2.45, 2.75) is 6.04 Å². The first kappa shape index (κ1) is 18.5. The van der Waals surface area contributed by atoms with Gasteiger partial charge in [0.25, 0.3) is 0 Å².